The molecule has 1 atom stereocenters. The van der Waals surface area contributed by atoms with E-state index < -0.39 is 6.04 Å². The summed E-state index contributed by atoms with van der Waals surface area (Å²) in [5.41, 5.74) is 1.43. The van der Waals surface area contributed by atoms with Gasteiger partial charge in [0.2, 0.25) is 5.91 Å². The Morgan fingerprint density at radius 2 is 1.57 bits per heavy atom. The number of amides is 1. The Hall–Kier alpha value is -2.40. The highest BCUT2D eigenvalue weighted by Crippen LogP contribution is 2.26. The molecule has 0 saturated carbocycles. The minimum absolute atomic E-state index is 0.171. The van der Waals surface area contributed by atoms with Gasteiger partial charge in [-0.3, -0.25) is 4.79 Å². The maximum Gasteiger partial charge on any atom is 0.246 e. The number of benzene rings is 2. The third-order valence-corrected chi connectivity index (χ3v) is 3.49. The summed E-state index contributed by atoms with van der Waals surface area (Å²) in [4.78, 5) is 12.3. The van der Waals surface area contributed by atoms with Gasteiger partial charge in [-0.1, -0.05) is 11.6 Å². The Labute approximate surface area is 140 Å². The highest BCUT2D eigenvalue weighted by atomic mass is 35.5. The molecule has 0 fully saturated rings. The van der Waals surface area contributed by atoms with Crippen LogP contribution in [0.25, 0.3) is 0 Å². The first-order valence-corrected chi connectivity index (χ1v) is 7.45. The SMILES string of the molecule is COc1cc(NC(=O)[C@H](C)Nc2ccc(Cl)cc2)cc(OC)c1. The molecule has 2 aromatic rings. The second-order valence-electron chi connectivity index (χ2n) is 4.96. The zero-order chi connectivity index (χ0) is 16.8. The number of methoxy groups -OCH3 is 2. The van der Waals surface area contributed by atoms with Crippen molar-refractivity contribution in [3.05, 3.63) is 47.5 Å². The van der Waals surface area contributed by atoms with Gasteiger partial charge in [0.1, 0.15) is 17.5 Å². The third-order valence-electron chi connectivity index (χ3n) is 3.24. The normalized spacial score (nSPS) is 11.5. The van der Waals surface area contributed by atoms with E-state index in [0.29, 0.717) is 22.2 Å². The number of halogens is 1. The molecular formula is C17H19ClN2O3. The molecule has 5 nitrogen and oxygen atoms in total. The zero-order valence-corrected chi connectivity index (χ0v) is 14.0. The van der Waals surface area contributed by atoms with E-state index in [-0.39, 0.29) is 5.91 Å². The average Bonchev–Trinajstić information content (AvgIpc) is 2.56. The van der Waals surface area contributed by atoms with Crippen LogP contribution in [0.2, 0.25) is 5.02 Å². The Bertz CT molecular complexity index is 652. The van der Waals surface area contributed by atoms with Gasteiger partial charge in [0, 0.05) is 34.6 Å². The molecule has 0 spiro atoms. The van der Waals surface area contributed by atoms with E-state index in [2.05, 4.69) is 10.6 Å². The molecule has 0 aliphatic rings. The van der Waals surface area contributed by atoms with Crippen molar-refractivity contribution < 1.29 is 14.3 Å². The number of carbonyl (C=O) groups excluding carboxylic acids is 1. The molecule has 6 heteroatoms. The minimum atomic E-state index is -0.423. The van der Waals surface area contributed by atoms with Crippen LogP contribution >= 0.6 is 11.6 Å². The maximum absolute atomic E-state index is 12.3. The molecule has 0 unspecified atom stereocenters. The van der Waals surface area contributed by atoms with Gasteiger partial charge in [0.05, 0.1) is 14.2 Å². The largest absolute Gasteiger partial charge is 0.497 e. The monoisotopic (exact) mass is 334 g/mol. The third kappa shape index (κ3) is 4.79. The summed E-state index contributed by atoms with van der Waals surface area (Å²) in [7, 11) is 3.12. The summed E-state index contributed by atoms with van der Waals surface area (Å²) in [5.74, 6) is 1.05. The maximum atomic E-state index is 12.3. The van der Waals surface area contributed by atoms with Crippen molar-refractivity contribution >= 4 is 28.9 Å². The van der Waals surface area contributed by atoms with Crippen molar-refractivity contribution in [2.45, 2.75) is 13.0 Å². The standard InChI is InChI=1S/C17H19ClN2O3/c1-11(19-13-6-4-12(18)5-7-13)17(21)20-14-8-15(22-2)10-16(9-14)23-3/h4-11,19H,1-3H3,(H,20,21)/t11-/m0/s1. The van der Waals surface area contributed by atoms with Crippen molar-refractivity contribution in [3.63, 3.8) is 0 Å². The summed E-state index contributed by atoms with van der Waals surface area (Å²) in [6, 6.07) is 12.0. The van der Waals surface area contributed by atoms with Gasteiger partial charge in [-0.2, -0.15) is 0 Å². The minimum Gasteiger partial charge on any atom is -0.497 e. The van der Waals surface area contributed by atoms with Crippen LogP contribution in [0.3, 0.4) is 0 Å². The second-order valence-corrected chi connectivity index (χ2v) is 5.40. The predicted molar refractivity (Wildman–Crippen MR) is 92.7 cm³/mol. The molecule has 2 aromatic carbocycles. The van der Waals surface area contributed by atoms with E-state index in [1.54, 1.807) is 51.5 Å². The molecule has 122 valence electrons. The number of hydrogen-bond acceptors (Lipinski definition) is 4. The average molecular weight is 335 g/mol. The number of rotatable bonds is 6. The van der Waals surface area contributed by atoms with Crippen LogP contribution in [-0.2, 0) is 4.79 Å². The number of nitrogens with one attached hydrogen (secondary N) is 2. The van der Waals surface area contributed by atoms with Crippen molar-refractivity contribution in [1.82, 2.24) is 0 Å². The Morgan fingerprint density at radius 1 is 1.00 bits per heavy atom. The van der Waals surface area contributed by atoms with Crippen LogP contribution in [0.1, 0.15) is 6.92 Å². The lowest BCUT2D eigenvalue weighted by Gasteiger charge is -2.16. The predicted octanol–water partition coefficient (Wildman–Crippen LogP) is 3.80. The van der Waals surface area contributed by atoms with E-state index in [1.807, 2.05) is 12.1 Å². The van der Waals surface area contributed by atoms with Crippen molar-refractivity contribution in [1.29, 1.82) is 0 Å². The van der Waals surface area contributed by atoms with E-state index >= 15 is 0 Å². The van der Waals surface area contributed by atoms with Crippen LogP contribution in [-0.4, -0.2) is 26.2 Å². The van der Waals surface area contributed by atoms with Crippen LogP contribution < -0.4 is 20.1 Å². The quantitative estimate of drug-likeness (QED) is 0.843. The number of carbonyl (C=O) groups is 1. The lowest BCUT2D eigenvalue weighted by Crippen LogP contribution is -2.31. The fourth-order valence-corrected chi connectivity index (χ4v) is 2.12. The van der Waals surface area contributed by atoms with Gasteiger partial charge in [0.25, 0.3) is 0 Å². The van der Waals surface area contributed by atoms with Gasteiger partial charge in [0.15, 0.2) is 0 Å². The fourth-order valence-electron chi connectivity index (χ4n) is 1.99. The molecule has 23 heavy (non-hydrogen) atoms. The van der Waals surface area contributed by atoms with Gasteiger partial charge >= 0.3 is 0 Å². The molecule has 0 radical (unpaired) electrons. The van der Waals surface area contributed by atoms with Crippen molar-refractivity contribution in [2.24, 2.45) is 0 Å². The Balaban J connectivity index is 2.04. The molecule has 2 N–H and O–H groups in total. The smallest absolute Gasteiger partial charge is 0.246 e. The first kappa shape index (κ1) is 17.0. The summed E-state index contributed by atoms with van der Waals surface area (Å²) in [6.07, 6.45) is 0. The van der Waals surface area contributed by atoms with Crippen molar-refractivity contribution in [2.75, 3.05) is 24.9 Å². The summed E-state index contributed by atoms with van der Waals surface area (Å²) < 4.78 is 10.4. The van der Waals surface area contributed by atoms with Gasteiger partial charge < -0.3 is 20.1 Å². The summed E-state index contributed by atoms with van der Waals surface area (Å²) in [5, 5.41) is 6.60. The number of hydrogen-bond donors (Lipinski definition) is 2. The van der Waals surface area contributed by atoms with Gasteiger partial charge in [-0.15, -0.1) is 0 Å². The summed E-state index contributed by atoms with van der Waals surface area (Å²) in [6.45, 7) is 1.78. The van der Waals surface area contributed by atoms with Gasteiger partial charge in [-0.25, -0.2) is 0 Å². The molecule has 0 aliphatic heterocycles. The molecule has 0 bridgehead atoms. The van der Waals surface area contributed by atoms with Gasteiger partial charge in [-0.05, 0) is 31.2 Å². The highest BCUT2D eigenvalue weighted by molar-refractivity contribution is 6.30. The molecule has 0 saturated heterocycles. The van der Waals surface area contributed by atoms with E-state index in [9.17, 15) is 4.79 Å². The number of anilines is 2. The Kier molecular flexibility index (Phi) is 5.71. The van der Waals surface area contributed by atoms with Crippen LogP contribution in [0, 0.1) is 0 Å². The summed E-state index contributed by atoms with van der Waals surface area (Å²) >= 11 is 5.84. The number of ether oxygens (including phenoxy) is 2. The van der Waals surface area contributed by atoms with Crippen molar-refractivity contribution in [3.8, 4) is 11.5 Å². The lowest BCUT2D eigenvalue weighted by molar-refractivity contribution is -0.116. The highest BCUT2D eigenvalue weighted by Gasteiger charge is 2.14. The molecular weight excluding hydrogens is 316 g/mol. The van der Waals surface area contributed by atoms with E-state index in [4.69, 9.17) is 21.1 Å². The second kappa shape index (κ2) is 7.74. The lowest BCUT2D eigenvalue weighted by atomic mass is 10.2. The van der Waals surface area contributed by atoms with Crippen LogP contribution in [0.5, 0.6) is 11.5 Å². The molecule has 0 aromatic heterocycles. The topological polar surface area (TPSA) is 59.6 Å². The molecule has 2 rings (SSSR count). The Morgan fingerprint density at radius 3 is 2.09 bits per heavy atom. The molecule has 0 heterocycles. The van der Waals surface area contributed by atoms with E-state index in [1.165, 1.54) is 0 Å². The zero-order valence-electron chi connectivity index (χ0n) is 13.2. The van der Waals surface area contributed by atoms with E-state index in [0.717, 1.165) is 5.69 Å². The molecule has 1 amide bonds. The van der Waals surface area contributed by atoms with Crippen LogP contribution in [0.4, 0.5) is 11.4 Å². The first-order valence-electron chi connectivity index (χ1n) is 7.08. The first-order chi connectivity index (χ1) is 11.0. The molecule has 0 aliphatic carbocycles. The fraction of sp³-hybridized carbons (Fsp3) is 0.235. The van der Waals surface area contributed by atoms with Crippen LogP contribution in [0.15, 0.2) is 42.5 Å².